The van der Waals surface area contributed by atoms with Crippen molar-refractivity contribution in [2.45, 2.75) is 50.2 Å². The lowest BCUT2D eigenvalue weighted by Crippen LogP contribution is -2.60. The second-order valence-corrected chi connectivity index (χ2v) is 9.56. The summed E-state index contributed by atoms with van der Waals surface area (Å²) in [4.78, 5) is 13.7. The Labute approximate surface area is 172 Å². The molecule has 4 aliphatic rings. The van der Waals surface area contributed by atoms with Gasteiger partial charge in [0.1, 0.15) is 5.75 Å². The van der Waals surface area contributed by atoms with Crippen molar-refractivity contribution >= 4 is 5.91 Å². The monoisotopic (exact) mass is 391 g/mol. The fourth-order valence-corrected chi connectivity index (χ4v) is 6.59. The Morgan fingerprint density at radius 3 is 2.38 bits per heavy atom. The zero-order valence-electron chi connectivity index (χ0n) is 16.9. The first-order valence-corrected chi connectivity index (χ1v) is 10.7. The predicted molar refractivity (Wildman–Crippen MR) is 111 cm³/mol. The van der Waals surface area contributed by atoms with Gasteiger partial charge < -0.3 is 15.2 Å². The standard InChI is InChI=1S/C25H29NO3/c1-29-21-9-5-8-20(11-21)22(19-6-3-2-4-7-19)26-23(27)24-12-17-10-18(13-24)15-25(28,14-17)16-24/h2-9,11,17-18,22,28H,10,12-16H2,1H3,(H,26,27)/t17-,18-,22-,24?,25?/m1/s1. The van der Waals surface area contributed by atoms with E-state index in [9.17, 15) is 9.90 Å². The van der Waals surface area contributed by atoms with Gasteiger partial charge in [0, 0.05) is 0 Å². The van der Waals surface area contributed by atoms with Crippen LogP contribution in [-0.2, 0) is 4.79 Å². The van der Waals surface area contributed by atoms with E-state index in [2.05, 4.69) is 17.4 Å². The first-order valence-electron chi connectivity index (χ1n) is 10.7. The van der Waals surface area contributed by atoms with E-state index in [1.165, 1.54) is 6.42 Å². The van der Waals surface area contributed by atoms with Crippen molar-refractivity contribution in [3.63, 3.8) is 0 Å². The average Bonchev–Trinajstić information content (AvgIpc) is 2.70. The van der Waals surface area contributed by atoms with Gasteiger partial charge in [-0.05, 0) is 73.6 Å². The van der Waals surface area contributed by atoms with Gasteiger partial charge in [-0.15, -0.1) is 0 Å². The van der Waals surface area contributed by atoms with Crippen LogP contribution in [0.25, 0.3) is 0 Å². The molecule has 4 heteroatoms. The van der Waals surface area contributed by atoms with Crippen LogP contribution in [0.1, 0.15) is 55.7 Å². The van der Waals surface area contributed by atoms with Crippen LogP contribution in [0, 0.1) is 17.3 Å². The number of carbonyl (C=O) groups excluding carboxylic acids is 1. The summed E-state index contributed by atoms with van der Waals surface area (Å²) in [5.41, 5.74) is 0.995. The Hall–Kier alpha value is -2.33. The number of nitrogens with one attached hydrogen (secondary N) is 1. The molecule has 0 saturated heterocycles. The highest BCUT2D eigenvalue weighted by Crippen LogP contribution is 2.61. The molecule has 6 rings (SSSR count). The lowest BCUT2D eigenvalue weighted by Gasteiger charge is -2.59. The minimum absolute atomic E-state index is 0.0988. The molecule has 3 atom stereocenters. The number of aliphatic hydroxyl groups is 1. The highest BCUT2D eigenvalue weighted by molar-refractivity contribution is 5.84. The first-order chi connectivity index (χ1) is 14.0. The Morgan fingerprint density at radius 2 is 1.72 bits per heavy atom. The third-order valence-electron chi connectivity index (χ3n) is 7.35. The van der Waals surface area contributed by atoms with Crippen molar-refractivity contribution in [1.29, 1.82) is 0 Å². The van der Waals surface area contributed by atoms with Gasteiger partial charge in [0.15, 0.2) is 0 Å². The van der Waals surface area contributed by atoms with Gasteiger partial charge in [-0.1, -0.05) is 42.5 Å². The number of hydrogen-bond donors (Lipinski definition) is 2. The van der Waals surface area contributed by atoms with E-state index in [1.807, 2.05) is 42.5 Å². The van der Waals surface area contributed by atoms with Crippen molar-refractivity contribution in [2.75, 3.05) is 7.11 Å². The van der Waals surface area contributed by atoms with Gasteiger partial charge in [0.25, 0.3) is 0 Å². The van der Waals surface area contributed by atoms with E-state index >= 15 is 0 Å². The van der Waals surface area contributed by atoms with Crippen LogP contribution in [0.3, 0.4) is 0 Å². The highest BCUT2D eigenvalue weighted by Gasteiger charge is 2.60. The maximum atomic E-state index is 13.7. The lowest BCUT2D eigenvalue weighted by atomic mass is 9.47. The molecule has 4 aliphatic carbocycles. The van der Waals surface area contributed by atoms with E-state index in [-0.39, 0.29) is 11.9 Å². The molecule has 0 aliphatic heterocycles. The molecule has 0 heterocycles. The summed E-state index contributed by atoms with van der Waals surface area (Å²) in [5.74, 6) is 1.85. The molecule has 2 aromatic rings. The maximum absolute atomic E-state index is 13.7. The quantitative estimate of drug-likeness (QED) is 0.802. The zero-order valence-corrected chi connectivity index (χ0v) is 16.9. The Bertz CT molecular complexity index is 895. The molecule has 4 saturated carbocycles. The zero-order chi connectivity index (χ0) is 20.1. The van der Waals surface area contributed by atoms with E-state index < -0.39 is 11.0 Å². The van der Waals surface area contributed by atoms with Crippen LogP contribution in [0.15, 0.2) is 54.6 Å². The number of carbonyl (C=O) groups is 1. The fourth-order valence-electron chi connectivity index (χ4n) is 6.59. The molecule has 1 amide bonds. The molecular formula is C25H29NO3. The third-order valence-corrected chi connectivity index (χ3v) is 7.35. The third kappa shape index (κ3) is 3.33. The molecule has 4 bridgehead atoms. The summed E-state index contributed by atoms with van der Waals surface area (Å²) in [6, 6.07) is 17.8. The van der Waals surface area contributed by atoms with Gasteiger partial charge in [0.05, 0.1) is 24.2 Å². The topological polar surface area (TPSA) is 58.6 Å². The van der Waals surface area contributed by atoms with E-state index in [4.69, 9.17) is 4.74 Å². The number of ether oxygens (including phenoxy) is 1. The molecule has 4 fully saturated rings. The van der Waals surface area contributed by atoms with Gasteiger partial charge in [-0.3, -0.25) is 4.79 Å². The minimum Gasteiger partial charge on any atom is -0.497 e. The SMILES string of the molecule is COc1cccc([C@H](NC(=O)C23C[C@H]4C[C@@H](CC(O)(C4)C2)C3)c2ccccc2)c1. The van der Waals surface area contributed by atoms with Crippen LogP contribution in [-0.4, -0.2) is 23.7 Å². The van der Waals surface area contributed by atoms with Crippen LogP contribution < -0.4 is 10.1 Å². The number of benzene rings is 2. The van der Waals surface area contributed by atoms with Crippen LogP contribution in [0.5, 0.6) is 5.75 Å². The number of amides is 1. The van der Waals surface area contributed by atoms with Crippen molar-refractivity contribution in [2.24, 2.45) is 17.3 Å². The fraction of sp³-hybridized carbons (Fsp3) is 0.480. The second kappa shape index (κ2) is 6.88. The van der Waals surface area contributed by atoms with Gasteiger partial charge in [-0.2, -0.15) is 0 Å². The molecule has 0 radical (unpaired) electrons. The molecule has 2 aromatic carbocycles. The molecule has 0 spiro atoms. The summed E-state index contributed by atoms with van der Waals surface area (Å²) in [5, 5.41) is 14.4. The minimum atomic E-state index is -0.639. The largest absolute Gasteiger partial charge is 0.497 e. The summed E-state index contributed by atoms with van der Waals surface area (Å²) in [7, 11) is 1.66. The highest BCUT2D eigenvalue weighted by atomic mass is 16.5. The molecule has 29 heavy (non-hydrogen) atoms. The molecule has 152 valence electrons. The first kappa shape index (κ1) is 18.7. The summed E-state index contributed by atoms with van der Waals surface area (Å²) < 4.78 is 5.41. The number of hydrogen-bond acceptors (Lipinski definition) is 3. The van der Waals surface area contributed by atoms with E-state index in [0.717, 1.165) is 42.6 Å². The van der Waals surface area contributed by atoms with Gasteiger partial charge in [0.2, 0.25) is 5.91 Å². The van der Waals surface area contributed by atoms with Crippen molar-refractivity contribution < 1.29 is 14.6 Å². The van der Waals surface area contributed by atoms with Crippen molar-refractivity contribution in [3.8, 4) is 5.75 Å². The van der Waals surface area contributed by atoms with Crippen LogP contribution in [0.2, 0.25) is 0 Å². The molecule has 4 nitrogen and oxygen atoms in total. The number of methoxy groups -OCH3 is 1. The summed E-state index contributed by atoms with van der Waals surface area (Å²) in [6.07, 6.45) is 5.36. The molecule has 0 unspecified atom stereocenters. The van der Waals surface area contributed by atoms with E-state index in [1.54, 1.807) is 7.11 Å². The molecule has 0 aromatic heterocycles. The normalized spacial score (nSPS) is 33.3. The van der Waals surface area contributed by atoms with Crippen LogP contribution >= 0.6 is 0 Å². The van der Waals surface area contributed by atoms with Gasteiger partial charge >= 0.3 is 0 Å². The van der Waals surface area contributed by atoms with Crippen LogP contribution in [0.4, 0.5) is 0 Å². The summed E-state index contributed by atoms with van der Waals surface area (Å²) in [6.45, 7) is 0. The molecular weight excluding hydrogens is 362 g/mol. The Kier molecular flexibility index (Phi) is 4.43. The summed E-state index contributed by atoms with van der Waals surface area (Å²) >= 11 is 0. The van der Waals surface area contributed by atoms with Gasteiger partial charge in [-0.25, -0.2) is 0 Å². The van der Waals surface area contributed by atoms with Crippen molar-refractivity contribution in [3.05, 3.63) is 65.7 Å². The Balaban J connectivity index is 1.47. The maximum Gasteiger partial charge on any atom is 0.227 e. The smallest absolute Gasteiger partial charge is 0.227 e. The van der Waals surface area contributed by atoms with Crippen molar-refractivity contribution in [1.82, 2.24) is 5.32 Å². The second-order valence-electron chi connectivity index (χ2n) is 9.56. The number of rotatable bonds is 5. The lowest BCUT2D eigenvalue weighted by molar-refractivity contribution is -0.178. The van der Waals surface area contributed by atoms with E-state index in [0.29, 0.717) is 18.3 Å². The predicted octanol–water partition coefficient (Wildman–Crippen LogP) is 4.23. The average molecular weight is 392 g/mol. The Morgan fingerprint density at radius 1 is 1.03 bits per heavy atom. The molecule has 2 N–H and O–H groups in total.